The molecule has 18 heavy (non-hydrogen) atoms. The maximum atomic E-state index is 9.54. The average Bonchev–Trinajstić information content (AvgIpc) is 2.35. The van der Waals surface area contributed by atoms with Gasteiger partial charge in [-0.2, -0.15) is 5.26 Å². The lowest BCUT2D eigenvalue weighted by Gasteiger charge is -2.26. The Hall–Kier alpha value is -1.05. The Balaban J connectivity index is 2.97. The molecule has 0 fully saturated rings. The molecule has 0 amide bonds. The van der Waals surface area contributed by atoms with Gasteiger partial charge in [-0.15, -0.1) is 0 Å². The van der Waals surface area contributed by atoms with Crippen LogP contribution in [0.25, 0.3) is 0 Å². The standard InChI is InChI=1S/C14H19BrN2O/c1-4-17(9-10(2)8-16)14-6-5-12(11(3)18)7-13(14)15/h5-7,10-11,18H,4,9H2,1-3H3/t10?,11-/m1/s1. The van der Waals surface area contributed by atoms with Crippen LogP contribution in [0.3, 0.4) is 0 Å². The highest BCUT2D eigenvalue weighted by molar-refractivity contribution is 9.10. The third-order valence-corrected chi connectivity index (χ3v) is 3.53. The number of benzene rings is 1. The molecule has 2 atom stereocenters. The van der Waals surface area contributed by atoms with Crippen molar-refractivity contribution >= 4 is 21.6 Å². The van der Waals surface area contributed by atoms with Crippen LogP contribution in [-0.2, 0) is 0 Å². The molecule has 0 bridgehead atoms. The number of nitriles is 1. The minimum Gasteiger partial charge on any atom is -0.389 e. The van der Waals surface area contributed by atoms with E-state index in [0.29, 0.717) is 6.54 Å². The zero-order chi connectivity index (χ0) is 13.7. The number of aliphatic hydroxyl groups is 1. The number of hydrogen-bond donors (Lipinski definition) is 1. The van der Waals surface area contributed by atoms with Crippen LogP contribution in [0.2, 0.25) is 0 Å². The maximum absolute atomic E-state index is 9.54. The van der Waals surface area contributed by atoms with Gasteiger partial charge in [0, 0.05) is 17.6 Å². The van der Waals surface area contributed by atoms with E-state index in [1.807, 2.05) is 25.1 Å². The second-order valence-corrected chi connectivity index (χ2v) is 5.31. The fraction of sp³-hybridized carbons (Fsp3) is 0.500. The first-order valence-electron chi connectivity index (χ1n) is 6.11. The summed E-state index contributed by atoms with van der Waals surface area (Å²) >= 11 is 3.53. The molecule has 0 aromatic heterocycles. The van der Waals surface area contributed by atoms with Crippen LogP contribution in [0.4, 0.5) is 5.69 Å². The van der Waals surface area contributed by atoms with Gasteiger partial charge in [-0.05, 0) is 54.4 Å². The molecule has 0 saturated heterocycles. The number of rotatable bonds is 5. The van der Waals surface area contributed by atoms with Gasteiger partial charge >= 0.3 is 0 Å². The first-order valence-corrected chi connectivity index (χ1v) is 6.91. The molecule has 0 saturated carbocycles. The van der Waals surface area contributed by atoms with Crippen LogP contribution in [0.5, 0.6) is 0 Å². The second-order valence-electron chi connectivity index (χ2n) is 4.46. The van der Waals surface area contributed by atoms with E-state index in [1.54, 1.807) is 6.92 Å². The molecule has 4 heteroatoms. The summed E-state index contributed by atoms with van der Waals surface area (Å²) in [7, 11) is 0. The Bertz CT molecular complexity index is 440. The third kappa shape index (κ3) is 3.72. The lowest BCUT2D eigenvalue weighted by atomic mass is 10.1. The van der Waals surface area contributed by atoms with Crippen molar-refractivity contribution in [2.75, 3.05) is 18.0 Å². The van der Waals surface area contributed by atoms with E-state index >= 15 is 0 Å². The lowest BCUT2D eigenvalue weighted by Crippen LogP contribution is -2.28. The monoisotopic (exact) mass is 310 g/mol. The summed E-state index contributed by atoms with van der Waals surface area (Å²) in [6, 6.07) is 8.09. The van der Waals surface area contributed by atoms with E-state index in [2.05, 4.69) is 33.8 Å². The summed E-state index contributed by atoms with van der Waals surface area (Å²) in [4.78, 5) is 2.16. The van der Waals surface area contributed by atoms with Gasteiger partial charge in [0.05, 0.1) is 23.8 Å². The number of nitrogens with zero attached hydrogens (tertiary/aromatic N) is 2. The molecular weight excluding hydrogens is 292 g/mol. The number of halogens is 1. The van der Waals surface area contributed by atoms with E-state index < -0.39 is 6.10 Å². The Morgan fingerprint density at radius 3 is 2.56 bits per heavy atom. The van der Waals surface area contributed by atoms with Crippen LogP contribution in [-0.4, -0.2) is 18.2 Å². The number of aliphatic hydroxyl groups excluding tert-OH is 1. The Labute approximate surface area is 117 Å². The van der Waals surface area contributed by atoms with Gasteiger partial charge in [-0.1, -0.05) is 6.07 Å². The van der Waals surface area contributed by atoms with Crippen LogP contribution in [0, 0.1) is 17.2 Å². The topological polar surface area (TPSA) is 47.3 Å². The molecule has 98 valence electrons. The first-order chi connectivity index (χ1) is 8.49. The fourth-order valence-corrected chi connectivity index (χ4v) is 2.46. The largest absolute Gasteiger partial charge is 0.389 e. The minimum atomic E-state index is -0.469. The molecule has 0 spiro atoms. The van der Waals surface area contributed by atoms with E-state index in [0.717, 1.165) is 22.3 Å². The summed E-state index contributed by atoms with van der Waals surface area (Å²) in [6.45, 7) is 7.29. The normalized spacial score (nSPS) is 13.8. The first kappa shape index (κ1) is 15.0. The molecule has 3 nitrogen and oxygen atoms in total. The highest BCUT2D eigenvalue weighted by Crippen LogP contribution is 2.29. The van der Waals surface area contributed by atoms with E-state index in [-0.39, 0.29) is 5.92 Å². The van der Waals surface area contributed by atoms with Crippen molar-refractivity contribution in [1.82, 2.24) is 0 Å². The van der Waals surface area contributed by atoms with Gasteiger partial charge in [0.2, 0.25) is 0 Å². The van der Waals surface area contributed by atoms with Crippen LogP contribution in [0.1, 0.15) is 32.4 Å². The quantitative estimate of drug-likeness (QED) is 0.905. The van der Waals surface area contributed by atoms with Crippen molar-refractivity contribution in [3.8, 4) is 6.07 Å². The van der Waals surface area contributed by atoms with Crippen LogP contribution < -0.4 is 4.90 Å². The molecule has 0 aliphatic carbocycles. The summed E-state index contributed by atoms with van der Waals surface area (Å²) in [6.07, 6.45) is -0.469. The predicted molar refractivity (Wildman–Crippen MR) is 77.4 cm³/mol. The SMILES string of the molecule is CCN(CC(C)C#N)c1ccc([C@@H](C)O)cc1Br. The zero-order valence-corrected chi connectivity index (χ0v) is 12.6. The van der Waals surface area contributed by atoms with Crippen LogP contribution >= 0.6 is 15.9 Å². The molecular formula is C14H19BrN2O. The molecule has 0 heterocycles. The van der Waals surface area contributed by atoms with Gasteiger partial charge in [-0.3, -0.25) is 0 Å². The van der Waals surface area contributed by atoms with Crippen molar-refractivity contribution in [1.29, 1.82) is 5.26 Å². The van der Waals surface area contributed by atoms with E-state index in [9.17, 15) is 5.11 Å². The number of hydrogen-bond acceptors (Lipinski definition) is 3. The smallest absolute Gasteiger partial charge is 0.0762 e. The third-order valence-electron chi connectivity index (χ3n) is 2.89. The molecule has 1 rings (SSSR count). The Morgan fingerprint density at radius 2 is 2.11 bits per heavy atom. The Kier molecular flexibility index (Phi) is 5.64. The van der Waals surface area contributed by atoms with Gasteiger partial charge in [-0.25, -0.2) is 0 Å². The molecule has 0 aliphatic heterocycles. The molecule has 1 aromatic carbocycles. The van der Waals surface area contributed by atoms with Crippen molar-refractivity contribution in [2.45, 2.75) is 26.9 Å². The van der Waals surface area contributed by atoms with Gasteiger partial charge in [0.15, 0.2) is 0 Å². The zero-order valence-electron chi connectivity index (χ0n) is 11.0. The number of anilines is 1. The van der Waals surface area contributed by atoms with Crippen molar-refractivity contribution in [2.24, 2.45) is 5.92 Å². The highest BCUT2D eigenvalue weighted by atomic mass is 79.9. The Morgan fingerprint density at radius 1 is 1.44 bits per heavy atom. The fourth-order valence-electron chi connectivity index (χ4n) is 1.81. The predicted octanol–water partition coefficient (Wildman–Crippen LogP) is 3.49. The van der Waals surface area contributed by atoms with Crippen LogP contribution in [0.15, 0.2) is 22.7 Å². The van der Waals surface area contributed by atoms with E-state index in [4.69, 9.17) is 5.26 Å². The summed E-state index contributed by atoms with van der Waals surface area (Å²) in [5, 5.41) is 18.4. The molecule has 0 radical (unpaired) electrons. The molecule has 1 unspecified atom stereocenters. The molecule has 1 N–H and O–H groups in total. The van der Waals surface area contributed by atoms with Gasteiger partial charge < -0.3 is 10.0 Å². The summed E-state index contributed by atoms with van der Waals surface area (Å²) in [5.74, 6) is -0.00621. The van der Waals surface area contributed by atoms with Crippen molar-refractivity contribution in [3.63, 3.8) is 0 Å². The summed E-state index contributed by atoms with van der Waals surface area (Å²) < 4.78 is 0.952. The van der Waals surface area contributed by atoms with Gasteiger partial charge in [0.25, 0.3) is 0 Å². The maximum Gasteiger partial charge on any atom is 0.0762 e. The van der Waals surface area contributed by atoms with Crippen molar-refractivity contribution in [3.05, 3.63) is 28.2 Å². The highest BCUT2D eigenvalue weighted by Gasteiger charge is 2.13. The second kappa shape index (κ2) is 6.77. The molecule has 1 aromatic rings. The lowest BCUT2D eigenvalue weighted by molar-refractivity contribution is 0.199. The summed E-state index contributed by atoms with van der Waals surface area (Å²) in [5.41, 5.74) is 1.94. The van der Waals surface area contributed by atoms with Gasteiger partial charge in [0.1, 0.15) is 0 Å². The molecule has 0 aliphatic rings. The van der Waals surface area contributed by atoms with E-state index in [1.165, 1.54) is 0 Å². The van der Waals surface area contributed by atoms with Crippen molar-refractivity contribution < 1.29 is 5.11 Å². The average molecular weight is 311 g/mol. The minimum absolute atomic E-state index is 0.00621.